The van der Waals surface area contributed by atoms with E-state index >= 15 is 0 Å². The number of rotatable bonds is 22. The molecule has 0 aliphatic heterocycles. The lowest BCUT2D eigenvalue weighted by molar-refractivity contribution is 1.25. The van der Waals surface area contributed by atoms with Crippen molar-refractivity contribution in [3.05, 3.63) is 574 Å². The van der Waals surface area contributed by atoms with E-state index in [0.717, 1.165) is 145 Å². The zero-order valence-corrected chi connectivity index (χ0v) is 62.1. The van der Waals surface area contributed by atoms with Crippen molar-refractivity contribution in [2.75, 3.05) is 9.80 Å². The topological polar surface area (TPSA) is 6.48 Å². The Hall–Kier alpha value is -14.7. The number of hydrogen-bond acceptors (Lipinski definition) is 2. The molecular formula is C110H80N2. The van der Waals surface area contributed by atoms with Crippen LogP contribution < -0.4 is 9.80 Å². The molecule has 0 spiro atoms. The minimum absolute atomic E-state index is 0.995. The van der Waals surface area contributed by atoms with Gasteiger partial charge in [0, 0.05) is 34.1 Å². The average molecular weight is 1430 g/mol. The van der Waals surface area contributed by atoms with Gasteiger partial charge < -0.3 is 9.80 Å². The van der Waals surface area contributed by atoms with Gasteiger partial charge in [-0.25, -0.2) is 0 Å². The Labute approximate surface area is 658 Å². The molecule has 2 nitrogen and oxygen atoms in total. The van der Waals surface area contributed by atoms with Crippen molar-refractivity contribution in [3.63, 3.8) is 0 Å². The molecule has 0 aromatic heterocycles. The van der Waals surface area contributed by atoms with Crippen LogP contribution in [0.3, 0.4) is 0 Å². The highest BCUT2D eigenvalue weighted by Gasteiger charge is 2.25. The maximum atomic E-state index is 2.40. The Bertz CT molecular complexity index is 5150. The Balaban J connectivity index is 0.844. The van der Waals surface area contributed by atoms with Crippen LogP contribution in [-0.4, -0.2) is 0 Å². The normalized spacial score (nSPS) is 10.9. The fourth-order valence-electron chi connectivity index (χ4n) is 15.7. The first-order valence-corrected chi connectivity index (χ1v) is 38.4. The predicted molar refractivity (Wildman–Crippen MR) is 473 cm³/mol. The van der Waals surface area contributed by atoms with Crippen LogP contribution >= 0.6 is 0 Å². The van der Waals surface area contributed by atoms with Gasteiger partial charge in [0.05, 0.1) is 0 Å². The van der Waals surface area contributed by atoms with Gasteiger partial charge in [-0.1, -0.05) is 413 Å². The first kappa shape index (κ1) is 70.3. The van der Waals surface area contributed by atoms with Gasteiger partial charge in [0.1, 0.15) is 0 Å². The molecule has 2 heteroatoms. The first-order chi connectivity index (χ1) is 55.6. The molecule has 0 saturated heterocycles. The van der Waals surface area contributed by atoms with Crippen molar-refractivity contribution >= 4 is 78.7 Å². The molecule has 530 valence electrons. The van der Waals surface area contributed by atoms with Crippen molar-refractivity contribution in [1.29, 1.82) is 0 Å². The molecule has 0 saturated carbocycles. The van der Waals surface area contributed by atoms with Crippen molar-refractivity contribution in [3.8, 4) is 0 Å². The SMILES string of the molecule is c1ccc(C(=C(c2ccccc2)c2ccc(N(c3ccc(C(=C(c4ccccc4)c4ccccc4)c4ccccc4)cc3)c3ccc(N(c4ccc(C(=C(c5ccccc5)c5ccccc5)c5ccccc5)cc4)c4ccc(C(=C(c5ccccc5)c5ccccc5)c5ccccc5)cc4)cc3)cc2)c2ccccc2)cc1. The number of hydrogen-bond donors (Lipinski definition) is 0. The molecule has 0 N–H and O–H groups in total. The summed E-state index contributed by atoms with van der Waals surface area (Å²) in [6, 6.07) is 176. The van der Waals surface area contributed by atoms with E-state index in [2.05, 4.69) is 495 Å². The molecule has 17 rings (SSSR count). The van der Waals surface area contributed by atoms with Gasteiger partial charge >= 0.3 is 0 Å². The minimum Gasteiger partial charge on any atom is -0.311 e. The third-order valence-corrected chi connectivity index (χ3v) is 20.8. The highest BCUT2D eigenvalue weighted by Crippen LogP contribution is 2.47. The monoisotopic (exact) mass is 1430 g/mol. The molecule has 17 aromatic carbocycles. The Morgan fingerprint density at radius 2 is 0.170 bits per heavy atom. The van der Waals surface area contributed by atoms with Crippen LogP contribution in [0, 0.1) is 0 Å². The van der Waals surface area contributed by atoms with E-state index in [1.807, 2.05) is 0 Å². The molecule has 112 heavy (non-hydrogen) atoms. The van der Waals surface area contributed by atoms with Crippen molar-refractivity contribution in [1.82, 2.24) is 0 Å². The molecule has 0 heterocycles. The van der Waals surface area contributed by atoms with E-state index in [-0.39, 0.29) is 0 Å². The lowest BCUT2D eigenvalue weighted by atomic mass is 9.85. The summed E-state index contributed by atoms with van der Waals surface area (Å²) in [6.07, 6.45) is 0. The van der Waals surface area contributed by atoms with E-state index in [1.165, 1.54) is 22.3 Å². The highest BCUT2D eigenvalue weighted by molar-refractivity contribution is 6.08. The molecule has 0 aliphatic carbocycles. The molecular weight excluding hydrogens is 1350 g/mol. The Kier molecular flexibility index (Phi) is 21.1. The molecule has 17 aromatic rings. The van der Waals surface area contributed by atoms with Crippen molar-refractivity contribution in [2.24, 2.45) is 0 Å². The summed E-state index contributed by atoms with van der Waals surface area (Å²) in [5, 5.41) is 0. The van der Waals surface area contributed by atoms with Crippen LogP contribution in [0.5, 0.6) is 0 Å². The number of nitrogens with zero attached hydrogens (tertiary/aromatic N) is 2. The Morgan fingerprint density at radius 1 is 0.0893 bits per heavy atom. The average Bonchev–Trinajstić information content (AvgIpc) is 0.784. The summed E-state index contributed by atoms with van der Waals surface area (Å²) in [7, 11) is 0. The van der Waals surface area contributed by atoms with Crippen LogP contribution in [0.25, 0.3) is 44.6 Å². The summed E-state index contributed by atoms with van der Waals surface area (Å²) < 4.78 is 0. The lowest BCUT2D eigenvalue weighted by Crippen LogP contribution is -2.12. The second kappa shape index (κ2) is 33.6. The maximum Gasteiger partial charge on any atom is 0.0463 e. The number of anilines is 6. The highest BCUT2D eigenvalue weighted by atomic mass is 15.2. The zero-order valence-electron chi connectivity index (χ0n) is 62.1. The van der Waals surface area contributed by atoms with E-state index in [0.29, 0.717) is 0 Å². The van der Waals surface area contributed by atoms with Gasteiger partial charge in [0.2, 0.25) is 0 Å². The van der Waals surface area contributed by atoms with Gasteiger partial charge in [-0.05, 0) is 206 Å². The van der Waals surface area contributed by atoms with Crippen LogP contribution in [-0.2, 0) is 0 Å². The molecule has 0 amide bonds. The third-order valence-electron chi connectivity index (χ3n) is 20.8. The summed E-state index contributed by atoms with van der Waals surface area (Å²) >= 11 is 0. The quantitative estimate of drug-likeness (QED) is 0.0624. The molecule has 0 fully saturated rings. The molecule has 0 unspecified atom stereocenters. The molecule has 0 atom stereocenters. The van der Waals surface area contributed by atoms with Crippen LogP contribution in [0.15, 0.2) is 485 Å². The van der Waals surface area contributed by atoms with Crippen molar-refractivity contribution < 1.29 is 0 Å². The van der Waals surface area contributed by atoms with Crippen LogP contribution in [0.2, 0.25) is 0 Å². The van der Waals surface area contributed by atoms with Gasteiger partial charge in [-0.2, -0.15) is 0 Å². The van der Waals surface area contributed by atoms with E-state index in [1.54, 1.807) is 0 Å². The van der Waals surface area contributed by atoms with E-state index < -0.39 is 0 Å². The second-order valence-corrected chi connectivity index (χ2v) is 27.8. The Morgan fingerprint density at radius 3 is 0.268 bits per heavy atom. The summed E-state index contributed by atoms with van der Waals surface area (Å²) in [4.78, 5) is 4.80. The summed E-state index contributed by atoms with van der Waals surface area (Å²) in [5.74, 6) is 0. The predicted octanol–water partition coefficient (Wildman–Crippen LogP) is 28.7. The largest absolute Gasteiger partial charge is 0.311 e. The smallest absolute Gasteiger partial charge is 0.0463 e. The summed E-state index contributed by atoms with van der Waals surface area (Å²) in [6.45, 7) is 0. The van der Waals surface area contributed by atoms with Crippen LogP contribution in [0.1, 0.15) is 89.0 Å². The lowest BCUT2D eigenvalue weighted by Gasteiger charge is -2.29. The molecule has 0 radical (unpaired) electrons. The van der Waals surface area contributed by atoms with Gasteiger partial charge in [-0.15, -0.1) is 0 Å². The first-order valence-electron chi connectivity index (χ1n) is 38.4. The van der Waals surface area contributed by atoms with Crippen LogP contribution in [0.4, 0.5) is 34.1 Å². The molecule has 0 aliphatic rings. The van der Waals surface area contributed by atoms with E-state index in [9.17, 15) is 0 Å². The minimum atomic E-state index is 0.995. The number of benzene rings is 17. The van der Waals surface area contributed by atoms with Crippen molar-refractivity contribution in [2.45, 2.75) is 0 Å². The molecule has 0 bridgehead atoms. The second-order valence-electron chi connectivity index (χ2n) is 27.8. The van der Waals surface area contributed by atoms with Gasteiger partial charge in [-0.3, -0.25) is 0 Å². The van der Waals surface area contributed by atoms with Gasteiger partial charge in [0.25, 0.3) is 0 Å². The third kappa shape index (κ3) is 15.3. The summed E-state index contributed by atoms with van der Waals surface area (Å²) in [5.41, 5.74) is 33.4. The fraction of sp³-hybridized carbons (Fsp3) is 0. The van der Waals surface area contributed by atoms with Gasteiger partial charge in [0.15, 0.2) is 0 Å². The fourth-order valence-corrected chi connectivity index (χ4v) is 15.7. The standard InChI is InChI=1S/C110H80N2/c1-13-37-81(38-14-1)103(82-39-15-2-16-40-82)107(89-53-29-9-30-54-89)93-61-69-97(70-62-93)111(98-71-63-94(64-72-98)108(90-55-31-10-32-56-90)104(83-41-17-3-18-42-83)84-43-19-4-20-44-84)101-77-79-102(80-78-101)112(99-73-65-95(66-74-99)109(91-57-33-11-34-58-91)105(85-45-21-5-22-46-85)86-47-23-6-24-48-86)100-75-67-96(68-76-100)110(92-59-35-12-36-60-92)106(87-49-25-7-26-50-87)88-51-27-8-28-52-88/h1-80H. The zero-order chi connectivity index (χ0) is 75.0. The maximum absolute atomic E-state index is 2.40. The van der Waals surface area contributed by atoms with E-state index in [4.69, 9.17) is 0 Å².